The van der Waals surface area contributed by atoms with Crippen LogP contribution in [0.4, 0.5) is 13.2 Å². The van der Waals surface area contributed by atoms with E-state index >= 15 is 0 Å². The first-order valence-corrected chi connectivity index (χ1v) is 11.7. The van der Waals surface area contributed by atoms with Gasteiger partial charge in [-0.3, -0.25) is 4.79 Å². The maximum Gasteiger partial charge on any atom is 0.387 e. The molecule has 3 aromatic rings. The van der Waals surface area contributed by atoms with Crippen LogP contribution in [0.1, 0.15) is 55.0 Å². The Kier molecular flexibility index (Phi) is 4.97. The van der Waals surface area contributed by atoms with Gasteiger partial charge in [-0.1, -0.05) is 18.2 Å². The predicted molar refractivity (Wildman–Crippen MR) is 120 cm³/mol. The molecule has 7 heteroatoms. The highest BCUT2D eigenvalue weighted by Crippen LogP contribution is 2.55. The fourth-order valence-electron chi connectivity index (χ4n) is 5.50. The van der Waals surface area contributed by atoms with Gasteiger partial charge >= 0.3 is 6.61 Å². The number of amides is 1. The van der Waals surface area contributed by atoms with Crippen molar-refractivity contribution in [1.82, 2.24) is 9.47 Å². The predicted octanol–water partition coefficient (Wildman–Crippen LogP) is 6.13. The Bertz CT molecular complexity index is 1230. The minimum Gasteiger partial charge on any atom is -0.435 e. The standard InChI is InChI=1S/C27H25F3N2O2/c28-19-7-10-22-23(14-19)31-13-1-2-20(31)16-32(24(33)15-27(22)11-12-27)25(17-3-4-17)18-5-8-21(9-6-18)34-26(29)30/h1-2,5-10,13-14,17,25-26H,3-4,11-12,15-16H2/t25-/m1/s1. The van der Waals surface area contributed by atoms with Crippen LogP contribution in [-0.2, 0) is 16.8 Å². The maximum absolute atomic E-state index is 14.3. The Morgan fingerprint density at radius 3 is 2.47 bits per heavy atom. The van der Waals surface area contributed by atoms with Gasteiger partial charge in [-0.2, -0.15) is 8.78 Å². The normalized spacial score (nSPS) is 19.8. The van der Waals surface area contributed by atoms with Crippen LogP contribution in [0.5, 0.6) is 5.75 Å². The number of hydrogen-bond donors (Lipinski definition) is 0. The minimum absolute atomic E-state index is 0.0761. The van der Waals surface area contributed by atoms with Gasteiger partial charge in [-0.25, -0.2) is 4.39 Å². The lowest BCUT2D eigenvalue weighted by Gasteiger charge is -2.33. The van der Waals surface area contributed by atoms with Crippen molar-refractivity contribution in [3.8, 4) is 11.4 Å². The molecule has 1 amide bonds. The first-order chi connectivity index (χ1) is 16.4. The summed E-state index contributed by atoms with van der Waals surface area (Å²) < 4.78 is 46.0. The zero-order valence-corrected chi connectivity index (χ0v) is 18.6. The second kappa shape index (κ2) is 7.93. The molecule has 34 heavy (non-hydrogen) atoms. The number of benzene rings is 2. The molecule has 1 aromatic heterocycles. The summed E-state index contributed by atoms with van der Waals surface area (Å²) in [5.41, 5.74) is 3.40. The van der Waals surface area contributed by atoms with Crippen molar-refractivity contribution in [2.75, 3.05) is 0 Å². The molecule has 1 atom stereocenters. The van der Waals surface area contributed by atoms with Crippen LogP contribution >= 0.6 is 0 Å². The van der Waals surface area contributed by atoms with E-state index in [-0.39, 0.29) is 28.9 Å². The number of halogens is 3. The maximum atomic E-state index is 14.3. The van der Waals surface area contributed by atoms with Gasteiger partial charge in [0.2, 0.25) is 5.91 Å². The molecular weight excluding hydrogens is 441 g/mol. The number of carbonyl (C=O) groups excluding carboxylic acids is 1. The molecule has 2 aliphatic carbocycles. The second-order valence-electron chi connectivity index (χ2n) is 9.74. The summed E-state index contributed by atoms with van der Waals surface area (Å²) in [6.07, 6.45) is 6.14. The lowest BCUT2D eigenvalue weighted by Crippen LogP contribution is -2.37. The largest absolute Gasteiger partial charge is 0.435 e. The molecular formula is C27H25F3N2O2. The number of alkyl halides is 2. The highest BCUT2D eigenvalue weighted by Gasteiger charge is 2.50. The number of nitrogens with zero attached hydrogens (tertiary/aromatic N) is 2. The van der Waals surface area contributed by atoms with E-state index in [1.165, 1.54) is 6.07 Å². The summed E-state index contributed by atoms with van der Waals surface area (Å²) in [5.74, 6) is 0.211. The van der Waals surface area contributed by atoms with Crippen LogP contribution in [0, 0.1) is 11.7 Å². The molecule has 0 N–H and O–H groups in total. The molecule has 4 nitrogen and oxygen atoms in total. The molecule has 0 radical (unpaired) electrons. The van der Waals surface area contributed by atoms with E-state index in [2.05, 4.69) is 4.74 Å². The molecule has 3 aliphatic rings. The lowest BCUT2D eigenvalue weighted by atomic mass is 9.89. The van der Waals surface area contributed by atoms with Crippen LogP contribution in [0.25, 0.3) is 5.69 Å². The number of ether oxygens (including phenoxy) is 1. The third kappa shape index (κ3) is 3.77. The Morgan fingerprint density at radius 2 is 1.79 bits per heavy atom. The first kappa shape index (κ1) is 21.3. The van der Waals surface area contributed by atoms with Gasteiger partial charge in [0.1, 0.15) is 11.6 Å². The summed E-state index contributed by atoms with van der Waals surface area (Å²) in [5, 5.41) is 0. The van der Waals surface area contributed by atoms with Crippen molar-refractivity contribution in [3.05, 3.63) is 83.4 Å². The molecule has 1 spiro atoms. The Balaban J connectivity index is 1.41. The summed E-state index contributed by atoms with van der Waals surface area (Å²) in [4.78, 5) is 15.8. The highest BCUT2D eigenvalue weighted by atomic mass is 19.3. The van der Waals surface area contributed by atoms with Crippen LogP contribution < -0.4 is 4.74 Å². The van der Waals surface area contributed by atoms with Gasteiger partial charge in [-0.05, 0) is 79.1 Å². The molecule has 2 saturated carbocycles. The summed E-state index contributed by atoms with van der Waals surface area (Å²) in [6, 6.07) is 15.3. The SMILES string of the molecule is O=C1CC2(CC2)c2ccc(F)cc2-n2cccc2CN1[C@@H](c1ccc(OC(F)F)cc1)C1CC1. The molecule has 0 bridgehead atoms. The van der Waals surface area contributed by atoms with E-state index in [4.69, 9.17) is 0 Å². The summed E-state index contributed by atoms with van der Waals surface area (Å²) >= 11 is 0. The molecule has 1 aliphatic heterocycles. The highest BCUT2D eigenvalue weighted by molar-refractivity contribution is 5.80. The van der Waals surface area contributed by atoms with Crippen molar-refractivity contribution in [3.63, 3.8) is 0 Å². The summed E-state index contributed by atoms with van der Waals surface area (Å²) in [7, 11) is 0. The minimum atomic E-state index is -2.88. The Hall–Kier alpha value is -3.22. The quantitative estimate of drug-likeness (QED) is 0.453. The van der Waals surface area contributed by atoms with Crippen molar-refractivity contribution in [2.24, 2.45) is 5.92 Å². The molecule has 0 unspecified atom stereocenters. The fourth-order valence-corrected chi connectivity index (χ4v) is 5.50. The molecule has 2 heterocycles. The van der Waals surface area contributed by atoms with Crippen molar-refractivity contribution in [2.45, 2.75) is 56.7 Å². The van der Waals surface area contributed by atoms with Crippen molar-refractivity contribution < 1.29 is 22.7 Å². The number of fused-ring (bicyclic) bond motifs is 4. The molecule has 6 rings (SSSR count). The van der Waals surface area contributed by atoms with Gasteiger partial charge in [0.15, 0.2) is 0 Å². The monoisotopic (exact) mass is 466 g/mol. The average molecular weight is 467 g/mol. The molecule has 176 valence electrons. The molecule has 2 aromatic carbocycles. The number of carbonyl (C=O) groups is 1. The fraction of sp³-hybridized carbons (Fsp3) is 0.370. The van der Waals surface area contributed by atoms with Crippen LogP contribution in [0.3, 0.4) is 0 Å². The third-order valence-electron chi connectivity index (χ3n) is 7.47. The number of aromatic nitrogens is 1. The zero-order valence-electron chi connectivity index (χ0n) is 18.6. The van der Waals surface area contributed by atoms with E-state index in [0.29, 0.717) is 18.9 Å². The van der Waals surface area contributed by atoms with Crippen molar-refractivity contribution in [1.29, 1.82) is 0 Å². The van der Waals surface area contributed by atoms with E-state index < -0.39 is 6.61 Å². The topological polar surface area (TPSA) is 34.5 Å². The van der Waals surface area contributed by atoms with Crippen LogP contribution in [0.15, 0.2) is 60.8 Å². The average Bonchev–Trinajstić information content (AvgIpc) is 3.73. The molecule has 2 fully saturated rings. The summed E-state index contributed by atoms with van der Waals surface area (Å²) in [6.45, 7) is -2.48. The Morgan fingerprint density at radius 1 is 1.03 bits per heavy atom. The van der Waals surface area contributed by atoms with Gasteiger partial charge in [0.25, 0.3) is 0 Å². The van der Waals surface area contributed by atoms with Crippen molar-refractivity contribution >= 4 is 5.91 Å². The van der Waals surface area contributed by atoms with Crippen LogP contribution in [0.2, 0.25) is 0 Å². The number of rotatable bonds is 5. The van der Waals surface area contributed by atoms with Gasteiger partial charge in [0, 0.05) is 23.7 Å². The van der Waals surface area contributed by atoms with E-state index in [1.807, 2.05) is 33.9 Å². The van der Waals surface area contributed by atoms with Crippen LogP contribution in [-0.4, -0.2) is 22.0 Å². The van der Waals surface area contributed by atoms with E-state index in [9.17, 15) is 18.0 Å². The lowest BCUT2D eigenvalue weighted by molar-refractivity contribution is -0.135. The van der Waals surface area contributed by atoms with Gasteiger partial charge in [0.05, 0.1) is 18.3 Å². The smallest absolute Gasteiger partial charge is 0.387 e. The number of hydrogen-bond acceptors (Lipinski definition) is 2. The van der Waals surface area contributed by atoms with Gasteiger partial charge < -0.3 is 14.2 Å². The second-order valence-corrected chi connectivity index (χ2v) is 9.74. The zero-order chi connectivity index (χ0) is 23.4. The molecule has 0 saturated heterocycles. The van der Waals surface area contributed by atoms with Gasteiger partial charge in [-0.15, -0.1) is 0 Å². The van der Waals surface area contributed by atoms with E-state index in [0.717, 1.165) is 48.2 Å². The third-order valence-corrected chi connectivity index (χ3v) is 7.47. The van der Waals surface area contributed by atoms with E-state index in [1.54, 1.807) is 30.3 Å². The Labute approximate surface area is 195 Å². The first-order valence-electron chi connectivity index (χ1n) is 11.7.